The molecule has 0 aliphatic heterocycles. The maximum atomic E-state index is 11.9. The molecule has 0 aromatic heterocycles. The highest BCUT2D eigenvalue weighted by Gasteiger charge is 2.40. The van der Waals surface area contributed by atoms with E-state index in [4.69, 9.17) is 4.74 Å². The SMILES string of the molecule is COC1=CCc2ccccc2C1(C=O)CCC(C)C. The number of hydrogen-bond donors (Lipinski definition) is 0. The van der Waals surface area contributed by atoms with Crippen molar-refractivity contribution in [1.82, 2.24) is 0 Å². The highest BCUT2D eigenvalue weighted by atomic mass is 16.5. The van der Waals surface area contributed by atoms with Crippen molar-refractivity contribution in [3.63, 3.8) is 0 Å². The summed E-state index contributed by atoms with van der Waals surface area (Å²) in [5.41, 5.74) is 1.76. The third-order valence-electron chi connectivity index (χ3n) is 3.98. The number of aldehydes is 1. The number of methoxy groups -OCH3 is 1. The van der Waals surface area contributed by atoms with E-state index < -0.39 is 5.41 Å². The van der Waals surface area contributed by atoms with Gasteiger partial charge in [0.15, 0.2) is 0 Å². The van der Waals surface area contributed by atoms with E-state index in [-0.39, 0.29) is 0 Å². The van der Waals surface area contributed by atoms with Crippen LogP contribution >= 0.6 is 0 Å². The molecule has 1 aliphatic rings. The minimum absolute atomic E-state index is 0.573. The van der Waals surface area contributed by atoms with Gasteiger partial charge in [0.25, 0.3) is 0 Å². The average molecular weight is 258 g/mol. The van der Waals surface area contributed by atoms with E-state index >= 15 is 0 Å². The average Bonchev–Trinajstić information content (AvgIpc) is 2.44. The Morgan fingerprint density at radius 3 is 2.74 bits per heavy atom. The lowest BCUT2D eigenvalue weighted by Gasteiger charge is -2.35. The first-order chi connectivity index (χ1) is 9.14. The predicted octanol–water partition coefficient (Wildman–Crippen LogP) is 3.65. The molecule has 2 heteroatoms. The summed E-state index contributed by atoms with van der Waals surface area (Å²) in [6.45, 7) is 4.37. The quantitative estimate of drug-likeness (QED) is 0.754. The lowest BCUT2D eigenvalue weighted by molar-refractivity contribution is -0.113. The Kier molecular flexibility index (Phi) is 4.08. The van der Waals surface area contributed by atoms with Gasteiger partial charge >= 0.3 is 0 Å². The number of ether oxygens (including phenoxy) is 1. The summed E-state index contributed by atoms with van der Waals surface area (Å²) in [6.07, 6.45) is 5.79. The Morgan fingerprint density at radius 1 is 1.37 bits per heavy atom. The van der Waals surface area contributed by atoms with Crippen molar-refractivity contribution >= 4 is 6.29 Å². The van der Waals surface area contributed by atoms with Gasteiger partial charge in [-0.2, -0.15) is 0 Å². The van der Waals surface area contributed by atoms with Gasteiger partial charge in [0.1, 0.15) is 17.5 Å². The summed E-state index contributed by atoms with van der Waals surface area (Å²) in [6, 6.07) is 8.20. The standard InChI is InChI=1S/C17H22O2/c1-13(2)10-11-17(12-18)15-7-5-4-6-14(15)8-9-16(17)19-3/h4-7,9,12-13H,8,10-11H2,1-3H3. The predicted molar refractivity (Wildman–Crippen MR) is 77.1 cm³/mol. The molecular formula is C17H22O2. The van der Waals surface area contributed by atoms with E-state index in [9.17, 15) is 4.79 Å². The minimum atomic E-state index is -0.589. The van der Waals surface area contributed by atoms with Crippen molar-refractivity contribution < 1.29 is 9.53 Å². The van der Waals surface area contributed by atoms with Crippen LogP contribution in [0.2, 0.25) is 0 Å². The maximum Gasteiger partial charge on any atom is 0.138 e. The fourth-order valence-electron chi connectivity index (χ4n) is 2.87. The Bertz CT molecular complexity index is 488. The van der Waals surface area contributed by atoms with Gasteiger partial charge in [-0.3, -0.25) is 0 Å². The summed E-state index contributed by atoms with van der Waals surface area (Å²) < 4.78 is 5.52. The summed E-state index contributed by atoms with van der Waals surface area (Å²) in [5.74, 6) is 1.38. The highest BCUT2D eigenvalue weighted by Crippen LogP contribution is 2.41. The smallest absolute Gasteiger partial charge is 0.138 e. The molecular weight excluding hydrogens is 236 g/mol. The van der Waals surface area contributed by atoms with Crippen LogP contribution in [0.15, 0.2) is 36.1 Å². The molecule has 0 heterocycles. The van der Waals surface area contributed by atoms with Gasteiger partial charge in [0, 0.05) is 0 Å². The molecule has 0 radical (unpaired) electrons. The van der Waals surface area contributed by atoms with Crippen LogP contribution in [0.4, 0.5) is 0 Å². The van der Waals surface area contributed by atoms with Gasteiger partial charge in [-0.1, -0.05) is 38.1 Å². The van der Waals surface area contributed by atoms with Crippen LogP contribution in [-0.4, -0.2) is 13.4 Å². The lowest BCUT2D eigenvalue weighted by atomic mass is 9.70. The summed E-state index contributed by atoms with van der Waals surface area (Å²) >= 11 is 0. The monoisotopic (exact) mass is 258 g/mol. The fourth-order valence-corrected chi connectivity index (χ4v) is 2.87. The Balaban J connectivity index is 2.48. The molecule has 0 fully saturated rings. The molecule has 0 saturated heterocycles. The van der Waals surface area contributed by atoms with E-state index in [1.807, 2.05) is 12.1 Å². The van der Waals surface area contributed by atoms with Crippen molar-refractivity contribution in [3.05, 3.63) is 47.2 Å². The summed E-state index contributed by atoms with van der Waals surface area (Å²) in [7, 11) is 1.66. The molecule has 0 saturated carbocycles. The fraction of sp³-hybridized carbons (Fsp3) is 0.471. The molecule has 2 rings (SSSR count). The molecule has 1 aliphatic carbocycles. The van der Waals surface area contributed by atoms with Crippen LogP contribution < -0.4 is 0 Å². The van der Waals surface area contributed by atoms with Gasteiger partial charge in [-0.05, 0) is 42.4 Å². The van der Waals surface area contributed by atoms with Gasteiger partial charge in [-0.25, -0.2) is 0 Å². The number of allylic oxidation sites excluding steroid dienone is 2. The Labute approximate surface area is 115 Å². The molecule has 0 N–H and O–H groups in total. The molecule has 2 nitrogen and oxygen atoms in total. The third-order valence-corrected chi connectivity index (χ3v) is 3.98. The van der Waals surface area contributed by atoms with Crippen LogP contribution in [0.3, 0.4) is 0 Å². The number of carbonyl (C=O) groups excluding carboxylic acids is 1. The summed E-state index contributed by atoms with van der Waals surface area (Å²) in [4.78, 5) is 11.9. The van der Waals surface area contributed by atoms with E-state index in [0.717, 1.165) is 36.9 Å². The van der Waals surface area contributed by atoms with E-state index in [1.165, 1.54) is 5.56 Å². The van der Waals surface area contributed by atoms with E-state index in [0.29, 0.717) is 5.92 Å². The first-order valence-electron chi connectivity index (χ1n) is 6.93. The molecule has 1 atom stereocenters. The first kappa shape index (κ1) is 13.9. The number of fused-ring (bicyclic) bond motifs is 1. The molecule has 1 unspecified atom stereocenters. The van der Waals surface area contributed by atoms with Crippen LogP contribution in [0.5, 0.6) is 0 Å². The highest BCUT2D eigenvalue weighted by molar-refractivity contribution is 5.75. The van der Waals surface area contributed by atoms with Gasteiger partial charge < -0.3 is 9.53 Å². The topological polar surface area (TPSA) is 26.3 Å². The Morgan fingerprint density at radius 2 is 2.11 bits per heavy atom. The molecule has 0 spiro atoms. The molecule has 102 valence electrons. The largest absolute Gasteiger partial charge is 0.500 e. The number of benzene rings is 1. The van der Waals surface area contributed by atoms with Gasteiger partial charge in [-0.15, -0.1) is 0 Å². The number of hydrogen-bond acceptors (Lipinski definition) is 2. The van der Waals surface area contributed by atoms with E-state index in [2.05, 4.69) is 32.1 Å². The lowest BCUT2D eigenvalue weighted by Crippen LogP contribution is -2.35. The zero-order valence-corrected chi connectivity index (χ0v) is 12.0. The molecule has 1 aromatic rings. The van der Waals surface area contributed by atoms with Crippen molar-refractivity contribution in [2.75, 3.05) is 7.11 Å². The second kappa shape index (κ2) is 5.60. The molecule has 19 heavy (non-hydrogen) atoms. The van der Waals surface area contributed by atoms with Gasteiger partial charge in [0.2, 0.25) is 0 Å². The minimum Gasteiger partial charge on any atom is -0.500 e. The van der Waals surface area contributed by atoms with Crippen LogP contribution in [0.25, 0.3) is 0 Å². The van der Waals surface area contributed by atoms with Crippen LogP contribution in [-0.2, 0) is 21.4 Å². The van der Waals surface area contributed by atoms with Crippen molar-refractivity contribution in [2.24, 2.45) is 5.92 Å². The van der Waals surface area contributed by atoms with Crippen molar-refractivity contribution in [2.45, 2.75) is 38.5 Å². The second-order valence-corrected chi connectivity index (χ2v) is 5.66. The maximum absolute atomic E-state index is 11.9. The third kappa shape index (κ3) is 2.44. The molecule has 0 bridgehead atoms. The van der Waals surface area contributed by atoms with Crippen molar-refractivity contribution in [3.8, 4) is 0 Å². The number of carbonyl (C=O) groups is 1. The van der Waals surface area contributed by atoms with Crippen molar-refractivity contribution in [1.29, 1.82) is 0 Å². The van der Waals surface area contributed by atoms with E-state index in [1.54, 1.807) is 7.11 Å². The molecule has 0 amide bonds. The Hall–Kier alpha value is -1.57. The zero-order chi connectivity index (χ0) is 13.9. The van der Waals surface area contributed by atoms with Crippen LogP contribution in [0.1, 0.15) is 37.8 Å². The zero-order valence-electron chi connectivity index (χ0n) is 12.0. The summed E-state index contributed by atoms with van der Waals surface area (Å²) in [5, 5.41) is 0. The number of rotatable bonds is 5. The first-order valence-corrected chi connectivity index (χ1v) is 6.93. The second-order valence-electron chi connectivity index (χ2n) is 5.66. The normalized spacial score (nSPS) is 21.8. The van der Waals surface area contributed by atoms with Crippen LogP contribution in [0, 0.1) is 5.92 Å². The van der Waals surface area contributed by atoms with Gasteiger partial charge in [0.05, 0.1) is 7.11 Å². The molecule has 1 aromatic carbocycles.